The molecular weight excluding hydrogens is 310 g/mol. The molecule has 4 nitrogen and oxygen atoms in total. The summed E-state index contributed by atoms with van der Waals surface area (Å²) in [6, 6.07) is 7.30. The van der Waals surface area contributed by atoms with Gasteiger partial charge < -0.3 is 15.2 Å². The smallest absolute Gasteiger partial charge is 0.258 e. The number of halogens is 1. The fraction of sp³-hybridized carbons (Fsp3) is 0.500. The van der Waals surface area contributed by atoms with Crippen LogP contribution in [0.3, 0.4) is 0 Å². The lowest BCUT2D eigenvalue weighted by atomic mass is 10.0. The van der Waals surface area contributed by atoms with E-state index >= 15 is 0 Å². The molecular formula is C14H20BrNO3. The van der Waals surface area contributed by atoms with Crippen molar-refractivity contribution in [3.63, 3.8) is 0 Å². The monoisotopic (exact) mass is 329 g/mol. The highest BCUT2D eigenvalue weighted by Gasteiger charge is 2.13. The molecule has 2 unspecified atom stereocenters. The second kappa shape index (κ2) is 8.17. The maximum Gasteiger partial charge on any atom is 0.258 e. The molecule has 1 aromatic carbocycles. The van der Waals surface area contributed by atoms with Crippen LogP contribution in [0.15, 0.2) is 28.7 Å². The summed E-state index contributed by atoms with van der Waals surface area (Å²) in [5.41, 5.74) is 0. The molecule has 5 heteroatoms. The second-order valence-corrected chi connectivity index (χ2v) is 5.42. The molecule has 2 N–H and O–H groups in total. The molecule has 0 saturated carbocycles. The number of carbonyl (C=O) groups is 1. The number of ether oxygens (including phenoxy) is 1. The highest BCUT2D eigenvalue weighted by atomic mass is 79.9. The molecule has 2 atom stereocenters. The summed E-state index contributed by atoms with van der Waals surface area (Å²) in [6.45, 7) is 4.17. The molecule has 1 amide bonds. The molecule has 106 valence electrons. The molecule has 1 aromatic rings. The van der Waals surface area contributed by atoms with Gasteiger partial charge in [0.2, 0.25) is 0 Å². The average Bonchev–Trinajstić information content (AvgIpc) is 2.41. The van der Waals surface area contributed by atoms with Crippen LogP contribution >= 0.6 is 15.9 Å². The van der Waals surface area contributed by atoms with E-state index in [1.807, 2.05) is 26.0 Å². The Hall–Kier alpha value is -1.07. The van der Waals surface area contributed by atoms with Crippen molar-refractivity contribution in [3.8, 4) is 5.75 Å². The SMILES string of the molecule is CCC(C)C(O)CNC(=O)COc1cccc(Br)c1. The minimum absolute atomic E-state index is 0.0519. The molecule has 0 saturated heterocycles. The Labute approximate surface area is 122 Å². The van der Waals surface area contributed by atoms with Crippen molar-refractivity contribution in [2.75, 3.05) is 13.2 Å². The van der Waals surface area contributed by atoms with Crippen LogP contribution in [0, 0.1) is 5.92 Å². The molecule has 0 radical (unpaired) electrons. The number of carbonyl (C=O) groups excluding carboxylic acids is 1. The van der Waals surface area contributed by atoms with Gasteiger partial charge in [-0.3, -0.25) is 4.79 Å². The Morgan fingerprint density at radius 2 is 2.26 bits per heavy atom. The molecule has 19 heavy (non-hydrogen) atoms. The third-order valence-corrected chi connectivity index (χ3v) is 3.47. The van der Waals surface area contributed by atoms with Crippen LogP contribution < -0.4 is 10.1 Å². The van der Waals surface area contributed by atoms with E-state index in [9.17, 15) is 9.90 Å². The quantitative estimate of drug-likeness (QED) is 0.807. The van der Waals surface area contributed by atoms with Gasteiger partial charge in [-0.2, -0.15) is 0 Å². The van der Waals surface area contributed by atoms with E-state index in [-0.39, 0.29) is 25.0 Å². The molecule has 0 aromatic heterocycles. The van der Waals surface area contributed by atoms with Crippen molar-refractivity contribution in [2.24, 2.45) is 5.92 Å². The highest BCUT2D eigenvalue weighted by molar-refractivity contribution is 9.10. The number of amides is 1. The van der Waals surface area contributed by atoms with Crippen molar-refractivity contribution in [3.05, 3.63) is 28.7 Å². The Balaban J connectivity index is 2.28. The van der Waals surface area contributed by atoms with E-state index in [1.54, 1.807) is 12.1 Å². The number of rotatable bonds is 7. The number of hydrogen-bond donors (Lipinski definition) is 2. The van der Waals surface area contributed by atoms with E-state index < -0.39 is 6.10 Å². The zero-order valence-corrected chi connectivity index (χ0v) is 12.8. The highest BCUT2D eigenvalue weighted by Crippen LogP contribution is 2.17. The second-order valence-electron chi connectivity index (χ2n) is 4.50. The van der Waals surface area contributed by atoms with Gasteiger partial charge in [-0.05, 0) is 24.1 Å². The first-order valence-electron chi connectivity index (χ1n) is 6.36. The predicted octanol–water partition coefficient (Wildman–Crippen LogP) is 2.35. The molecule has 0 spiro atoms. The van der Waals surface area contributed by atoms with Crippen molar-refractivity contribution in [1.82, 2.24) is 5.32 Å². The van der Waals surface area contributed by atoms with Crippen LogP contribution in [-0.2, 0) is 4.79 Å². The van der Waals surface area contributed by atoms with E-state index in [0.717, 1.165) is 10.9 Å². The summed E-state index contributed by atoms with van der Waals surface area (Å²) in [4.78, 5) is 11.6. The third kappa shape index (κ3) is 6.07. The van der Waals surface area contributed by atoms with E-state index in [1.165, 1.54) is 0 Å². The fourth-order valence-electron chi connectivity index (χ4n) is 1.45. The van der Waals surface area contributed by atoms with Crippen LogP contribution in [0.2, 0.25) is 0 Å². The summed E-state index contributed by atoms with van der Waals surface area (Å²) in [5, 5.41) is 12.4. The number of hydrogen-bond acceptors (Lipinski definition) is 3. The maximum absolute atomic E-state index is 11.6. The maximum atomic E-state index is 11.6. The predicted molar refractivity (Wildman–Crippen MR) is 78.1 cm³/mol. The van der Waals surface area contributed by atoms with Gasteiger partial charge in [0.25, 0.3) is 5.91 Å². The molecule has 0 aliphatic heterocycles. The van der Waals surface area contributed by atoms with E-state index in [0.29, 0.717) is 5.75 Å². The van der Waals surface area contributed by atoms with Crippen molar-refractivity contribution in [1.29, 1.82) is 0 Å². The van der Waals surface area contributed by atoms with Gasteiger partial charge in [0, 0.05) is 11.0 Å². The zero-order valence-electron chi connectivity index (χ0n) is 11.2. The molecule has 0 fully saturated rings. The Kier molecular flexibility index (Phi) is 6.87. The van der Waals surface area contributed by atoms with Gasteiger partial charge in [-0.25, -0.2) is 0 Å². The van der Waals surface area contributed by atoms with Crippen molar-refractivity contribution < 1.29 is 14.6 Å². The Morgan fingerprint density at radius 3 is 2.89 bits per heavy atom. The standard InChI is InChI=1S/C14H20BrNO3/c1-3-10(2)13(17)8-16-14(18)9-19-12-6-4-5-11(15)7-12/h4-7,10,13,17H,3,8-9H2,1-2H3,(H,16,18). The lowest BCUT2D eigenvalue weighted by molar-refractivity contribution is -0.123. The molecule has 0 aliphatic carbocycles. The van der Waals surface area contributed by atoms with Gasteiger partial charge in [0.1, 0.15) is 5.75 Å². The van der Waals surface area contributed by atoms with Crippen LogP contribution in [0.1, 0.15) is 20.3 Å². The van der Waals surface area contributed by atoms with Gasteiger partial charge in [0.05, 0.1) is 6.10 Å². The van der Waals surface area contributed by atoms with Crippen molar-refractivity contribution in [2.45, 2.75) is 26.4 Å². The lowest BCUT2D eigenvalue weighted by Gasteiger charge is -2.17. The van der Waals surface area contributed by atoms with Crippen LogP contribution in [-0.4, -0.2) is 30.3 Å². The summed E-state index contributed by atoms with van der Waals surface area (Å²) in [6.07, 6.45) is 0.366. The zero-order chi connectivity index (χ0) is 14.3. The Bertz CT molecular complexity index is 411. The first-order chi connectivity index (χ1) is 9.02. The lowest BCUT2D eigenvalue weighted by Crippen LogP contribution is -2.37. The van der Waals surface area contributed by atoms with Crippen LogP contribution in [0.25, 0.3) is 0 Å². The van der Waals surface area contributed by atoms with Gasteiger partial charge in [-0.1, -0.05) is 42.3 Å². The normalized spacial score (nSPS) is 13.7. The number of aliphatic hydroxyl groups excluding tert-OH is 1. The summed E-state index contributed by atoms with van der Waals surface area (Å²) in [5.74, 6) is 0.570. The van der Waals surface area contributed by atoms with Crippen molar-refractivity contribution >= 4 is 21.8 Å². The first kappa shape index (κ1) is 16.0. The van der Waals surface area contributed by atoms with Gasteiger partial charge >= 0.3 is 0 Å². The number of benzene rings is 1. The largest absolute Gasteiger partial charge is 0.484 e. The van der Waals surface area contributed by atoms with Gasteiger partial charge in [0.15, 0.2) is 6.61 Å². The molecule has 0 bridgehead atoms. The number of nitrogens with one attached hydrogen (secondary N) is 1. The topological polar surface area (TPSA) is 58.6 Å². The van der Waals surface area contributed by atoms with Crippen LogP contribution in [0.5, 0.6) is 5.75 Å². The average molecular weight is 330 g/mol. The fourth-order valence-corrected chi connectivity index (χ4v) is 1.83. The summed E-state index contributed by atoms with van der Waals surface area (Å²) < 4.78 is 6.24. The van der Waals surface area contributed by atoms with Crippen LogP contribution in [0.4, 0.5) is 0 Å². The summed E-state index contributed by atoms with van der Waals surface area (Å²) in [7, 11) is 0. The minimum Gasteiger partial charge on any atom is -0.484 e. The van der Waals surface area contributed by atoms with E-state index in [4.69, 9.17) is 4.74 Å². The molecule has 0 aliphatic rings. The first-order valence-corrected chi connectivity index (χ1v) is 7.15. The third-order valence-electron chi connectivity index (χ3n) is 2.98. The minimum atomic E-state index is -0.514. The Morgan fingerprint density at radius 1 is 1.53 bits per heavy atom. The van der Waals surface area contributed by atoms with Gasteiger partial charge in [-0.15, -0.1) is 0 Å². The molecule has 1 rings (SSSR count). The molecule has 0 heterocycles. The summed E-state index contributed by atoms with van der Waals surface area (Å²) >= 11 is 3.33. The van der Waals surface area contributed by atoms with E-state index in [2.05, 4.69) is 21.2 Å². The number of aliphatic hydroxyl groups is 1.